The molecule has 31 heavy (non-hydrogen) atoms. The number of hydrogen-bond donors (Lipinski definition) is 1. The lowest BCUT2D eigenvalue weighted by atomic mass is 10.2. The van der Waals surface area contributed by atoms with Crippen LogP contribution in [0.25, 0.3) is 11.0 Å². The molecule has 0 atom stereocenters. The quantitative estimate of drug-likeness (QED) is 0.348. The number of aromatic amines is 1. The largest absolute Gasteiger partial charge is 0.491 e. The van der Waals surface area contributed by atoms with E-state index in [9.17, 15) is 8.78 Å². The summed E-state index contributed by atoms with van der Waals surface area (Å²) in [4.78, 5) is 12.0. The number of benzene rings is 2. The average Bonchev–Trinajstić information content (AvgIpc) is 3.18. The zero-order valence-corrected chi connectivity index (χ0v) is 17.4. The predicted octanol–water partition coefficient (Wildman–Crippen LogP) is 5.44. The molecule has 0 fully saturated rings. The Morgan fingerprint density at radius 1 is 1.10 bits per heavy atom. The molecule has 0 spiro atoms. The zero-order valence-electron chi connectivity index (χ0n) is 16.5. The van der Waals surface area contributed by atoms with Crippen molar-refractivity contribution < 1.29 is 23.0 Å². The SMILES string of the molecule is COc1c(OCc2ccccc2)ccnc1CSc1nc2ccc(OC(F)F)cc2[nH]1. The van der Waals surface area contributed by atoms with Gasteiger partial charge in [0, 0.05) is 24.1 Å². The van der Waals surface area contributed by atoms with Crippen molar-refractivity contribution in [3.63, 3.8) is 0 Å². The number of pyridine rings is 1. The highest BCUT2D eigenvalue weighted by Gasteiger charge is 2.14. The van der Waals surface area contributed by atoms with Crippen LogP contribution in [0.4, 0.5) is 8.78 Å². The Labute approximate surface area is 181 Å². The Kier molecular flexibility index (Phi) is 6.51. The number of hydrogen-bond acceptors (Lipinski definition) is 6. The number of H-pyrrole nitrogens is 1. The molecule has 2 aromatic carbocycles. The van der Waals surface area contributed by atoms with Crippen LogP contribution in [0.2, 0.25) is 0 Å². The number of nitrogens with one attached hydrogen (secondary N) is 1. The summed E-state index contributed by atoms with van der Waals surface area (Å²) < 4.78 is 40.7. The van der Waals surface area contributed by atoms with E-state index in [0.717, 1.165) is 5.56 Å². The molecular weight excluding hydrogens is 424 g/mol. The minimum absolute atomic E-state index is 0.0781. The number of fused-ring (bicyclic) bond motifs is 1. The molecule has 0 saturated heterocycles. The van der Waals surface area contributed by atoms with Crippen LogP contribution >= 0.6 is 11.8 Å². The zero-order chi connectivity index (χ0) is 21.6. The minimum Gasteiger partial charge on any atom is -0.491 e. The van der Waals surface area contributed by atoms with Gasteiger partial charge in [-0.15, -0.1) is 0 Å². The summed E-state index contributed by atoms with van der Waals surface area (Å²) in [5.74, 6) is 1.73. The van der Waals surface area contributed by atoms with Gasteiger partial charge in [-0.05, 0) is 17.7 Å². The maximum absolute atomic E-state index is 12.4. The molecule has 0 aliphatic carbocycles. The van der Waals surface area contributed by atoms with E-state index in [2.05, 4.69) is 19.7 Å². The highest BCUT2D eigenvalue weighted by atomic mass is 32.2. The second-order valence-corrected chi connectivity index (χ2v) is 7.42. The molecule has 2 heterocycles. The highest BCUT2D eigenvalue weighted by Crippen LogP contribution is 2.34. The molecule has 0 unspecified atom stereocenters. The number of ether oxygens (including phenoxy) is 3. The van der Waals surface area contributed by atoms with Gasteiger partial charge in [0.15, 0.2) is 16.7 Å². The summed E-state index contributed by atoms with van der Waals surface area (Å²) in [6, 6.07) is 16.2. The molecule has 2 aromatic heterocycles. The Balaban J connectivity index is 1.46. The molecule has 0 radical (unpaired) electrons. The van der Waals surface area contributed by atoms with Crippen molar-refractivity contribution in [2.24, 2.45) is 0 Å². The molecule has 0 aliphatic heterocycles. The van der Waals surface area contributed by atoms with Crippen molar-refractivity contribution in [2.45, 2.75) is 24.1 Å². The molecule has 4 aromatic rings. The van der Waals surface area contributed by atoms with Crippen LogP contribution in [0.1, 0.15) is 11.3 Å². The molecule has 0 bridgehead atoms. The third kappa shape index (κ3) is 5.24. The van der Waals surface area contributed by atoms with Gasteiger partial charge in [-0.2, -0.15) is 8.78 Å². The molecule has 6 nitrogen and oxygen atoms in total. The van der Waals surface area contributed by atoms with Crippen LogP contribution in [-0.4, -0.2) is 28.7 Å². The number of rotatable bonds is 9. The molecule has 0 saturated carbocycles. The fourth-order valence-corrected chi connectivity index (χ4v) is 3.81. The van der Waals surface area contributed by atoms with Crippen LogP contribution in [0, 0.1) is 0 Å². The van der Waals surface area contributed by atoms with Crippen molar-refractivity contribution >= 4 is 22.8 Å². The highest BCUT2D eigenvalue weighted by molar-refractivity contribution is 7.98. The Hall–Kier alpha value is -3.33. The van der Waals surface area contributed by atoms with Gasteiger partial charge in [-0.25, -0.2) is 4.98 Å². The van der Waals surface area contributed by atoms with E-state index >= 15 is 0 Å². The first kappa shape index (κ1) is 20.9. The van der Waals surface area contributed by atoms with Crippen molar-refractivity contribution in [1.82, 2.24) is 15.0 Å². The first-order chi connectivity index (χ1) is 15.1. The smallest absolute Gasteiger partial charge is 0.387 e. The minimum atomic E-state index is -2.87. The predicted molar refractivity (Wildman–Crippen MR) is 114 cm³/mol. The topological polar surface area (TPSA) is 69.3 Å². The van der Waals surface area contributed by atoms with Crippen LogP contribution < -0.4 is 14.2 Å². The molecule has 160 valence electrons. The number of aromatic nitrogens is 3. The van der Waals surface area contributed by atoms with Crippen LogP contribution in [0.15, 0.2) is 66.0 Å². The van der Waals surface area contributed by atoms with Crippen molar-refractivity contribution in [1.29, 1.82) is 0 Å². The van der Waals surface area contributed by atoms with Crippen LogP contribution in [-0.2, 0) is 12.4 Å². The average molecular weight is 443 g/mol. The van der Waals surface area contributed by atoms with Crippen molar-refractivity contribution in [2.75, 3.05) is 7.11 Å². The van der Waals surface area contributed by atoms with Gasteiger partial charge in [0.25, 0.3) is 0 Å². The fourth-order valence-electron chi connectivity index (χ4n) is 2.99. The summed E-state index contributed by atoms with van der Waals surface area (Å²) in [5.41, 5.74) is 3.03. The van der Waals surface area contributed by atoms with E-state index in [0.29, 0.717) is 45.7 Å². The summed E-state index contributed by atoms with van der Waals surface area (Å²) >= 11 is 1.42. The molecular formula is C22H19F2N3O3S. The molecule has 9 heteroatoms. The lowest BCUT2D eigenvalue weighted by Gasteiger charge is -2.13. The lowest BCUT2D eigenvalue weighted by molar-refractivity contribution is -0.0497. The Morgan fingerprint density at radius 3 is 2.71 bits per heavy atom. The molecule has 0 aliphatic rings. The van der Waals surface area contributed by atoms with E-state index < -0.39 is 6.61 Å². The van der Waals surface area contributed by atoms with E-state index in [-0.39, 0.29) is 5.75 Å². The number of methoxy groups -OCH3 is 1. The normalized spacial score (nSPS) is 11.1. The van der Waals surface area contributed by atoms with Gasteiger partial charge < -0.3 is 19.2 Å². The third-order valence-corrected chi connectivity index (χ3v) is 5.27. The second-order valence-electron chi connectivity index (χ2n) is 6.45. The fraction of sp³-hybridized carbons (Fsp3) is 0.182. The third-order valence-electron chi connectivity index (χ3n) is 4.39. The Morgan fingerprint density at radius 2 is 1.94 bits per heavy atom. The van der Waals surface area contributed by atoms with Crippen LogP contribution in [0.3, 0.4) is 0 Å². The summed E-state index contributed by atoms with van der Waals surface area (Å²) in [6.07, 6.45) is 1.67. The lowest BCUT2D eigenvalue weighted by Crippen LogP contribution is -2.01. The van der Waals surface area contributed by atoms with E-state index in [1.807, 2.05) is 30.3 Å². The summed E-state index contributed by atoms with van der Waals surface area (Å²) in [6.45, 7) is -2.45. The van der Waals surface area contributed by atoms with Crippen molar-refractivity contribution in [3.05, 3.63) is 72.1 Å². The van der Waals surface area contributed by atoms with Crippen molar-refractivity contribution in [3.8, 4) is 17.2 Å². The van der Waals surface area contributed by atoms with E-state index in [1.54, 1.807) is 25.4 Å². The number of halogens is 2. The van der Waals surface area contributed by atoms with Gasteiger partial charge in [0.2, 0.25) is 0 Å². The first-order valence-electron chi connectivity index (χ1n) is 9.38. The second kappa shape index (κ2) is 9.65. The maximum atomic E-state index is 12.4. The summed E-state index contributed by atoms with van der Waals surface area (Å²) in [5, 5.41) is 0.628. The van der Waals surface area contributed by atoms with Gasteiger partial charge in [0.1, 0.15) is 12.4 Å². The van der Waals surface area contributed by atoms with Gasteiger partial charge in [0.05, 0.1) is 23.8 Å². The molecule has 1 N–H and O–H groups in total. The van der Waals surface area contributed by atoms with E-state index in [4.69, 9.17) is 9.47 Å². The van der Waals surface area contributed by atoms with Gasteiger partial charge in [-0.1, -0.05) is 42.1 Å². The Bertz CT molecular complexity index is 1160. The number of imidazole rings is 1. The maximum Gasteiger partial charge on any atom is 0.387 e. The van der Waals surface area contributed by atoms with E-state index in [1.165, 1.54) is 23.9 Å². The monoisotopic (exact) mass is 443 g/mol. The molecule has 0 amide bonds. The standard InChI is InChI=1S/C22H19F2N3O3S/c1-28-20-18(25-10-9-19(20)29-12-14-5-3-2-4-6-14)13-31-22-26-16-8-7-15(30-21(23)24)11-17(16)27-22/h2-11,21H,12-13H2,1H3,(H,26,27). The first-order valence-corrected chi connectivity index (χ1v) is 10.4. The number of thioether (sulfide) groups is 1. The number of alkyl halides is 2. The molecule has 4 rings (SSSR count). The summed E-state index contributed by atoms with van der Waals surface area (Å²) in [7, 11) is 1.58. The number of nitrogens with zero attached hydrogens (tertiary/aromatic N) is 2. The van der Waals surface area contributed by atoms with Gasteiger partial charge >= 0.3 is 6.61 Å². The van der Waals surface area contributed by atoms with Gasteiger partial charge in [-0.3, -0.25) is 4.98 Å². The van der Waals surface area contributed by atoms with Crippen LogP contribution in [0.5, 0.6) is 17.2 Å².